The molecule has 1 aromatic rings. The molecule has 2 unspecified atom stereocenters. The molecule has 1 aliphatic carbocycles. The number of ether oxygens (including phenoxy) is 2. The fourth-order valence-electron chi connectivity index (χ4n) is 4.58. The molecular formula is C24H39IN4O4. The van der Waals surface area contributed by atoms with Crippen LogP contribution in [-0.4, -0.2) is 68.3 Å². The van der Waals surface area contributed by atoms with Crippen LogP contribution in [0.5, 0.6) is 11.5 Å². The Kier molecular flexibility index (Phi) is 11.5. The van der Waals surface area contributed by atoms with E-state index < -0.39 is 6.10 Å². The van der Waals surface area contributed by atoms with Gasteiger partial charge in [-0.15, -0.1) is 24.0 Å². The predicted molar refractivity (Wildman–Crippen MR) is 141 cm³/mol. The molecule has 186 valence electrons. The number of amides is 1. The number of carbonyl (C=O) groups is 1. The van der Waals surface area contributed by atoms with E-state index in [0.717, 1.165) is 25.8 Å². The van der Waals surface area contributed by atoms with Gasteiger partial charge in [0.1, 0.15) is 17.6 Å². The highest BCUT2D eigenvalue weighted by Crippen LogP contribution is 2.30. The monoisotopic (exact) mass is 574 g/mol. The first-order valence-corrected chi connectivity index (χ1v) is 11.8. The van der Waals surface area contributed by atoms with Crippen LogP contribution in [0.3, 0.4) is 0 Å². The molecule has 1 saturated heterocycles. The van der Waals surface area contributed by atoms with Gasteiger partial charge >= 0.3 is 0 Å². The maximum Gasteiger partial charge on any atom is 0.225 e. The maximum atomic E-state index is 12.8. The van der Waals surface area contributed by atoms with Crippen molar-refractivity contribution in [1.82, 2.24) is 15.5 Å². The number of aliphatic imine (C=N–C) groups is 1. The number of nitrogens with zero attached hydrogens (tertiary/aromatic N) is 2. The second kappa shape index (κ2) is 13.8. The molecule has 1 heterocycles. The van der Waals surface area contributed by atoms with Crippen LogP contribution in [-0.2, 0) is 4.79 Å². The lowest BCUT2D eigenvalue weighted by Gasteiger charge is -2.26. The first-order chi connectivity index (χ1) is 15.5. The van der Waals surface area contributed by atoms with Gasteiger partial charge < -0.3 is 30.1 Å². The van der Waals surface area contributed by atoms with Crippen molar-refractivity contribution >= 4 is 35.8 Å². The van der Waals surface area contributed by atoms with E-state index in [4.69, 9.17) is 9.47 Å². The number of halogens is 1. The number of carbonyl (C=O) groups excluding carboxylic acids is 1. The summed E-state index contributed by atoms with van der Waals surface area (Å²) in [6.45, 7) is 4.38. The van der Waals surface area contributed by atoms with Crippen LogP contribution in [0.4, 0.5) is 0 Å². The summed E-state index contributed by atoms with van der Waals surface area (Å²) in [5.74, 6) is 2.42. The lowest BCUT2D eigenvalue weighted by Crippen LogP contribution is -2.45. The van der Waals surface area contributed by atoms with Gasteiger partial charge in [-0.3, -0.25) is 9.79 Å². The van der Waals surface area contributed by atoms with E-state index in [1.165, 1.54) is 19.3 Å². The highest BCUT2D eigenvalue weighted by atomic mass is 127. The minimum Gasteiger partial charge on any atom is -0.497 e. The fourth-order valence-corrected chi connectivity index (χ4v) is 4.58. The molecule has 1 amide bonds. The van der Waals surface area contributed by atoms with Crippen molar-refractivity contribution in [1.29, 1.82) is 0 Å². The van der Waals surface area contributed by atoms with Gasteiger partial charge in [-0.2, -0.15) is 0 Å². The van der Waals surface area contributed by atoms with Crippen molar-refractivity contribution in [2.45, 2.75) is 57.6 Å². The molecule has 0 spiro atoms. The first kappa shape index (κ1) is 27.5. The van der Waals surface area contributed by atoms with Crippen LogP contribution in [0.25, 0.3) is 0 Å². The van der Waals surface area contributed by atoms with E-state index in [1.807, 2.05) is 11.8 Å². The molecule has 2 aliphatic rings. The number of hydrogen-bond acceptors (Lipinski definition) is 5. The minimum atomic E-state index is -0.830. The number of rotatable bonds is 8. The first-order valence-electron chi connectivity index (χ1n) is 11.8. The van der Waals surface area contributed by atoms with Crippen molar-refractivity contribution in [3.05, 3.63) is 23.8 Å². The van der Waals surface area contributed by atoms with Crippen LogP contribution < -0.4 is 20.1 Å². The Morgan fingerprint density at radius 2 is 1.97 bits per heavy atom. The van der Waals surface area contributed by atoms with Gasteiger partial charge in [-0.1, -0.05) is 19.3 Å². The lowest BCUT2D eigenvalue weighted by molar-refractivity contribution is -0.135. The molecule has 0 radical (unpaired) electrons. The van der Waals surface area contributed by atoms with E-state index in [9.17, 15) is 9.90 Å². The van der Waals surface area contributed by atoms with Gasteiger partial charge in [-0.05, 0) is 44.4 Å². The topological polar surface area (TPSA) is 95.4 Å². The third-order valence-electron chi connectivity index (χ3n) is 6.36. The second-order valence-electron chi connectivity index (χ2n) is 8.59. The average Bonchev–Trinajstić information content (AvgIpc) is 3.30. The number of hydrogen-bond donors (Lipinski definition) is 3. The van der Waals surface area contributed by atoms with E-state index in [1.54, 1.807) is 32.4 Å². The summed E-state index contributed by atoms with van der Waals surface area (Å²) >= 11 is 0. The highest BCUT2D eigenvalue weighted by Gasteiger charge is 2.31. The van der Waals surface area contributed by atoms with Crippen LogP contribution in [0.2, 0.25) is 0 Å². The van der Waals surface area contributed by atoms with Crippen molar-refractivity contribution in [2.24, 2.45) is 10.9 Å². The van der Waals surface area contributed by atoms with Crippen LogP contribution in [0, 0.1) is 5.92 Å². The average molecular weight is 575 g/mol. The summed E-state index contributed by atoms with van der Waals surface area (Å²) < 4.78 is 10.7. The smallest absolute Gasteiger partial charge is 0.225 e. The number of guanidine groups is 1. The summed E-state index contributed by atoms with van der Waals surface area (Å²) in [5, 5.41) is 17.4. The molecule has 3 rings (SSSR count). The predicted octanol–water partition coefficient (Wildman–Crippen LogP) is 3.09. The molecule has 1 saturated carbocycles. The normalized spacial score (nSPS) is 20.1. The number of likely N-dealkylation sites (tertiary alicyclic amines) is 1. The molecule has 33 heavy (non-hydrogen) atoms. The quantitative estimate of drug-likeness (QED) is 0.251. The molecule has 9 heteroatoms. The Hall–Kier alpha value is -1.75. The molecule has 0 bridgehead atoms. The summed E-state index contributed by atoms with van der Waals surface area (Å²) in [5.41, 5.74) is 0.636. The molecule has 2 fully saturated rings. The fraction of sp³-hybridized carbons (Fsp3) is 0.667. The van der Waals surface area contributed by atoms with Gasteiger partial charge in [-0.25, -0.2) is 0 Å². The molecule has 2 atom stereocenters. The van der Waals surface area contributed by atoms with Crippen LogP contribution >= 0.6 is 24.0 Å². The molecule has 3 N–H and O–H groups in total. The Morgan fingerprint density at radius 1 is 1.21 bits per heavy atom. The summed E-state index contributed by atoms with van der Waals surface area (Å²) in [6.07, 6.45) is 5.72. The number of benzene rings is 1. The SMILES string of the molecule is CCNC(=NCC(O)c1cc(OC)ccc1OC)NC1CCN(C(=O)C2CCCCC2)C1.I. The molecule has 1 aromatic carbocycles. The van der Waals surface area contributed by atoms with Gasteiger partial charge in [0.05, 0.1) is 20.8 Å². The number of aliphatic hydroxyl groups excluding tert-OH is 1. The Balaban J connectivity index is 0.00000385. The Labute approximate surface area is 214 Å². The van der Waals surface area contributed by atoms with Crippen molar-refractivity contribution in [3.63, 3.8) is 0 Å². The number of aliphatic hydroxyl groups is 1. The zero-order chi connectivity index (χ0) is 22.9. The van der Waals surface area contributed by atoms with E-state index in [0.29, 0.717) is 42.0 Å². The summed E-state index contributed by atoms with van der Waals surface area (Å²) in [6, 6.07) is 5.50. The van der Waals surface area contributed by atoms with Gasteiger partial charge in [0.15, 0.2) is 5.96 Å². The Bertz CT molecular complexity index is 786. The molecular weight excluding hydrogens is 535 g/mol. The molecule has 0 aromatic heterocycles. The van der Waals surface area contributed by atoms with Crippen molar-refractivity contribution < 1.29 is 19.4 Å². The molecule has 1 aliphatic heterocycles. The Morgan fingerprint density at radius 3 is 2.64 bits per heavy atom. The third kappa shape index (κ3) is 7.63. The zero-order valence-corrected chi connectivity index (χ0v) is 22.3. The van der Waals surface area contributed by atoms with Gasteiger partial charge in [0, 0.05) is 37.2 Å². The summed E-state index contributed by atoms with van der Waals surface area (Å²) in [7, 11) is 3.17. The second-order valence-corrected chi connectivity index (χ2v) is 8.59. The van der Waals surface area contributed by atoms with Gasteiger partial charge in [0.25, 0.3) is 0 Å². The van der Waals surface area contributed by atoms with Crippen LogP contribution in [0.15, 0.2) is 23.2 Å². The van der Waals surface area contributed by atoms with Crippen molar-refractivity contribution in [2.75, 3.05) is 40.4 Å². The zero-order valence-electron chi connectivity index (χ0n) is 20.0. The van der Waals surface area contributed by atoms with E-state index >= 15 is 0 Å². The standard InChI is InChI=1S/C24H38N4O4.HI/c1-4-25-24(26-15-21(29)20-14-19(31-2)10-11-22(20)32-3)27-18-12-13-28(16-18)23(30)17-8-6-5-7-9-17;/h10-11,14,17-18,21,29H,4-9,12-13,15-16H2,1-3H3,(H2,25,26,27);1H. The maximum absolute atomic E-state index is 12.8. The number of nitrogens with one attached hydrogen (secondary N) is 2. The van der Waals surface area contributed by atoms with E-state index in [2.05, 4.69) is 15.6 Å². The minimum absolute atomic E-state index is 0. The third-order valence-corrected chi connectivity index (χ3v) is 6.36. The number of methoxy groups -OCH3 is 2. The van der Waals surface area contributed by atoms with E-state index in [-0.39, 0.29) is 42.5 Å². The largest absolute Gasteiger partial charge is 0.497 e. The molecule has 8 nitrogen and oxygen atoms in total. The van der Waals surface area contributed by atoms with Crippen molar-refractivity contribution in [3.8, 4) is 11.5 Å². The van der Waals surface area contributed by atoms with Crippen LogP contribution in [0.1, 0.15) is 57.1 Å². The van der Waals surface area contributed by atoms with Gasteiger partial charge in [0.2, 0.25) is 5.91 Å². The highest BCUT2D eigenvalue weighted by molar-refractivity contribution is 14.0. The summed E-state index contributed by atoms with van der Waals surface area (Å²) in [4.78, 5) is 19.4. The lowest BCUT2D eigenvalue weighted by atomic mass is 9.88.